The van der Waals surface area contributed by atoms with Crippen LogP contribution >= 0.6 is 0 Å². The van der Waals surface area contributed by atoms with Crippen LogP contribution in [0.15, 0.2) is 23.1 Å². The lowest BCUT2D eigenvalue weighted by molar-refractivity contribution is 0.413. The fourth-order valence-electron chi connectivity index (χ4n) is 1.55. The molecular formula is C12H19NO2S. The van der Waals surface area contributed by atoms with Gasteiger partial charge >= 0.3 is 0 Å². The van der Waals surface area contributed by atoms with E-state index in [1.54, 1.807) is 25.3 Å². The van der Waals surface area contributed by atoms with Gasteiger partial charge in [0.1, 0.15) is 5.75 Å². The highest BCUT2D eigenvalue weighted by molar-refractivity contribution is 7.85. The van der Waals surface area contributed by atoms with Crippen LogP contribution in [0.1, 0.15) is 26.7 Å². The Morgan fingerprint density at radius 3 is 2.75 bits per heavy atom. The lowest BCUT2D eigenvalue weighted by atomic mass is 10.3. The van der Waals surface area contributed by atoms with E-state index in [0.717, 1.165) is 12.8 Å². The molecule has 0 aliphatic heterocycles. The van der Waals surface area contributed by atoms with Crippen LogP contribution in [-0.2, 0) is 10.8 Å². The fraction of sp³-hybridized carbons (Fsp3) is 0.500. The van der Waals surface area contributed by atoms with Gasteiger partial charge in [-0.2, -0.15) is 0 Å². The summed E-state index contributed by atoms with van der Waals surface area (Å²) in [6, 6.07) is 5.28. The number of nitrogens with two attached hydrogens (primary N) is 1. The van der Waals surface area contributed by atoms with Crippen LogP contribution in [0.5, 0.6) is 5.75 Å². The van der Waals surface area contributed by atoms with Crippen molar-refractivity contribution in [1.29, 1.82) is 0 Å². The summed E-state index contributed by atoms with van der Waals surface area (Å²) in [7, 11) is 0.534. The Labute approximate surface area is 99.4 Å². The van der Waals surface area contributed by atoms with Gasteiger partial charge in [-0.25, -0.2) is 0 Å². The van der Waals surface area contributed by atoms with Gasteiger partial charge in [-0.05, 0) is 24.6 Å². The molecule has 0 saturated carbocycles. The molecule has 90 valence electrons. The normalized spacial score (nSPS) is 14.4. The summed E-state index contributed by atoms with van der Waals surface area (Å²) < 4.78 is 17.3. The largest absolute Gasteiger partial charge is 0.497 e. The standard InChI is InChI=1S/C12H19NO2S/c1-4-5-9(2)16(14)12-8-10(15-3)6-7-11(12)13/h6-9H,4-5,13H2,1-3H3. The lowest BCUT2D eigenvalue weighted by Crippen LogP contribution is -2.12. The molecule has 0 aliphatic carbocycles. The number of ether oxygens (including phenoxy) is 1. The van der Waals surface area contributed by atoms with Crippen molar-refractivity contribution >= 4 is 16.5 Å². The number of rotatable bonds is 5. The highest BCUT2D eigenvalue weighted by Crippen LogP contribution is 2.25. The van der Waals surface area contributed by atoms with E-state index in [2.05, 4.69) is 6.92 Å². The van der Waals surface area contributed by atoms with Crippen molar-refractivity contribution in [2.45, 2.75) is 36.8 Å². The first-order valence-corrected chi connectivity index (χ1v) is 6.65. The Morgan fingerprint density at radius 1 is 1.50 bits per heavy atom. The zero-order valence-electron chi connectivity index (χ0n) is 10.0. The van der Waals surface area contributed by atoms with Gasteiger partial charge in [-0.3, -0.25) is 4.21 Å². The second kappa shape index (κ2) is 5.89. The summed E-state index contributed by atoms with van der Waals surface area (Å²) in [4.78, 5) is 0.681. The highest BCUT2D eigenvalue weighted by Gasteiger charge is 2.15. The Morgan fingerprint density at radius 2 is 2.19 bits per heavy atom. The molecule has 1 rings (SSSR count). The van der Waals surface area contributed by atoms with Crippen LogP contribution in [-0.4, -0.2) is 16.6 Å². The summed E-state index contributed by atoms with van der Waals surface area (Å²) >= 11 is 0. The van der Waals surface area contributed by atoms with Gasteiger partial charge < -0.3 is 10.5 Å². The second-order valence-electron chi connectivity index (χ2n) is 3.80. The summed E-state index contributed by atoms with van der Waals surface area (Å²) in [6.45, 7) is 4.07. The van der Waals surface area contributed by atoms with Gasteiger partial charge in [-0.15, -0.1) is 0 Å². The third kappa shape index (κ3) is 2.98. The molecule has 1 aromatic rings. The van der Waals surface area contributed by atoms with Gasteiger partial charge in [0.15, 0.2) is 0 Å². The predicted octanol–water partition coefficient (Wildman–Crippen LogP) is 2.57. The van der Waals surface area contributed by atoms with Crippen molar-refractivity contribution in [1.82, 2.24) is 0 Å². The van der Waals surface area contributed by atoms with Crippen molar-refractivity contribution in [2.75, 3.05) is 12.8 Å². The van der Waals surface area contributed by atoms with Crippen LogP contribution in [0, 0.1) is 0 Å². The van der Waals surface area contributed by atoms with Crippen molar-refractivity contribution in [3.05, 3.63) is 18.2 Å². The maximum absolute atomic E-state index is 12.2. The Bertz CT molecular complexity index is 379. The average Bonchev–Trinajstić information content (AvgIpc) is 2.29. The number of hydrogen-bond acceptors (Lipinski definition) is 3. The Kier molecular flexibility index (Phi) is 4.80. The molecule has 0 aromatic heterocycles. The zero-order chi connectivity index (χ0) is 12.1. The lowest BCUT2D eigenvalue weighted by Gasteiger charge is -2.13. The third-order valence-corrected chi connectivity index (χ3v) is 4.25. The van der Waals surface area contributed by atoms with Gasteiger partial charge in [-0.1, -0.05) is 20.3 Å². The molecule has 0 radical (unpaired) electrons. The van der Waals surface area contributed by atoms with E-state index in [1.165, 1.54) is 0 Å². The minimum absolute atomic E-state index is 0.124. The monoisotopic (exact) mass is 241 g/mol. The fourth-order valence-corrected chi connectivity index (χ4v) is 2.96. The highest BCUT2D eigenvalue weighted by atomic mass is 32.2. The van der Waals surface area contributed by atoms with Gasteiger partial charge in [0.05, 0.1) is 22.8 Å². The van der Waals surface area contributed by atoms with Crippen molar-refractivity contribution in [3.63, 3.8) is 0 Å². The van der Waals surface area contributed by atoms with Gasteiger partial charge in [0.2, 0.25) is 0 Å². The molecule has 4 heteroatoms. The minimum Gasteiger partial charge on any atom is -0.497 e. The zero-order valence-corrected chi connectivity index (χ0v) is 10.8. The van der Waals surface area contributed by atoms with Crippen LogP contribution in [0.3, 0.4) is 0 Å². The number of benzene rings is 1. The minimum atomic E-state index is -1.06. The topological polar surface area (TPSA) is 52.3 Å². The average molecular weight is 241 g/mol. The molecule has 16 heavy (non-hydrogen) atoms. The third-order valence-electron chi connectivity index (χ3n) is 2.50. The number of hydrogen-bond donors (Lipinski definition) is 1. The predicted molar refractivity (Wildman–Crippen MR) is 68.2 cm³/mol. The Hall–Kier alpha value is -1.03. The van der Waals surface area contributed by atoms with Crippen molar-refractivity contribution < 1.29 is 8.95 Å². The Balaban J connectivity index is 2.97. The summed E-state index contributed by atoms with van der Waals surface area (Å²) in [5, 5.41) is 0.124. The molecule has 2 N–H and O–H groups in total. The number of anilines is 1. The maximum atomic E-state index is 12.2. The molecule has 0 fully saturated rings. The molecule has 2 unspecified atom stereocenters. The van der Waals surface area contributed by atoms with Crippen LogP contribution in [0.4, 0.5) is 5.69 Å². The molecule has 2 atom stereocenters. The SMILES string of the molecule is CCCC(C)S(=O)c1cc(OC)ccc1N. The van der Waals surface area contributed by atoms with Crippen LogP contribution in [0.25, 0.3) is 0 Å². The second-order valence-corrected chi connectivity index (χ2v) is 5.64. The molecule has 0 saturated heterocycles. The molecule has 0 spiro atoms. The molecule has 0 heterocycles. The van der Waals surface area contributed by atoms with E-state index in [1.807, 2.05) is 6.92 Å². The molecular weight excluding hydrogens is 222 g/mol. The smallest absolute Gasteiger partial charge is 0.120 e. The van der Waals surface area contributed by atoms with Crippen molar-refractivity contribution in [3.8, 4) is 5.75 Å². The van der Waals surface area contributed by atoms with E-state index in [0.29, 0.717) is 16.3 Å². The summed E-state index contributed by atoms with van der Waals surface area (Å²) in [5.41, 5.74) is 6.40. The number of nitrogen functional groups attached to an aromatic ring is 1. The molecule has 3 nitrogen and oxygen atoms in total. The van der Waals surface area contributed by atoms with E-state index >= 15 is 0 Å². The van der Waals surface area contributed by atoms with E-state index in [9.17, 15) is 4.21 Å². The summed E-state index contributed by atoms with van der Waals surface area (Å²) in [6.07, 6.45) is 1.96. The van der Waals surface area contributed by atoms with Crippen LogP contribution in [0.2, 0.25) is 0 Å². The van der Waals surface area contributed by atoms with E-state index in [4.69, 9.17) is 10.5 Å². The first-order chi connectivity index (χ1) is 7.60. The van der Waals surface area contributed by atoms with Gasteiger partial charge in [0.25, 0.3) is 0 Å². The molecule has 0 amide bonds. The van der Waals surface area contributed by atoms with E-state index in [-0.39, 0.29) is 5.25 Å². The first kappa shape index (κ1) is 13.0. The quantitative estimate of drug-likeness (QED) is 0.806. The maximum Gasteiger partial charge on any atom is 0.120 e. The van der Waals surface area contributed by atoms with Crippen molar-refractivity contribution in [2.24, 2.45) is 0 Å². The number of methoxy groups -OCH3 is 1. The molecule has 1 aromatic carbocycles. The van der Waals surface area contributed by atoms with Crippen LogP contribution < -0.4 is 10.5 Å². The summed E-state index contributed by atoms with van der Waals surface area (Å²) in [5.74, 6) is 0.696. The van der Waals surface area contributed by atoms with E-state index < -0.39 is 10.8 Å². The molecule has 0 aliphatic rings. The first-order valence-electron chi connectivity index (χ1n) is 5.44. The van der Waals surface area contributed by atoms with Gasteiger partial charge in [0, 0.05) is 10.9 Å². The molecule has 0 bridgehead atoms.